The number of amides is 1. The predicted molar refractivity (Wildman–Crippen MR) is 114 cm³/mol. The van der Waals surface area contributed by atoms with Gasteiger partial charge < -0.3 is 9.88 Å². The van der Waals surface area contributed by atoms with E-state index in [0.29, 0.717) is 48.9 Å². The monoisotopic (exact) mass is 464 g/mol. The molecule has 0 atom stereocenters. The maximum absolute atomic E-state index is 13.3. The van der Waals surface area contributed by atoms with Crippen molar-refractivity contribution in [1.29, 1.82) is 0 Å². The van der Waals surface area contributed by atoms with Gasteiger partial charge in [-0.3, -0.25) is 14.3 Å². The van der Waals surface area contributed by atoms with Crippen LogP contribution in [0.5, 0.6) is 0 Å². The number of hydrogen-bond donors (Lipinski definition) is 1. The number of carbonyl (C=O) groups is 1. The number of aromatic amines is 1. The summed E-state index contributed by atoms with van der Waals surface area (Å²) in [4.78, 5) is 19.8. The number of aromatic nitrogens is 2. The third-order valence-electron chi connectivity index (χ3n) is 5.43. The van der Waals surface area contributed by atoms with Crippen molar-refractivity contribution in [3.8, 4) is 5.69 Å². The lowest BCUT2D eigenvalue weighted by atomic mass is 10.1. The van der Waals surface area contributed by atoms with Crippen LogP contribution in [0.25, 0.3) is 5.69 Å². The zero-order valence-electron chi connectivity index (χ0n) is 16.9. The number of halogens is 4. The van der Waals surface area contributed by atoms with Crippen molar-refractivity contribution >= 4 is 18.1 Å². The molecule has 168 valence electrons. The molecule has 1 saturated heterocycles. The smallest absolute Gasteiger partial charge is 0.336 e. The Hall–Kier alpha value is -2.98. The van der Waals surface area contributed by atoms with Crippen molar-refractivity contribution in [3.63, 3.8) is 0 Å². The van der Waals surface area contributed by atoms with Crippen molar-refractivity contribution in [1.82, 2.24) is 19.4 Å². The number of nitrogens with one attached hydrogen (secondary N) is 1. The second-order valence-electron chi connectivity index (χ2n) is 7.55. The Kier molecular flexibility index (Phi) is 6.16. The summed E-state index contributed by atoms with van der Waals surface area (Å²) < 4.78 is 53.3. The summed E-state index contributed by atoms with van der Waals surface area (Å²) >= 11 is 5.30. The number of imidazole rings is 1. The molecule has 1 N–H and O–H groups in total. The minimum Gasteiger partial charge on any atom is -0.336 e. The fraction of sp³-hybridized carbons (Fsp3) is 0.273. The van der Waals surface area contributed by atoms with E-state index in [-0.39, 0.29) is 11.7 Å². The molecule has 0 bridgehead atoms. The highest BCUT2D eigenvalue weighted by Crippen LogP contribution is 2.29. The Balaban J connectivity index is 1.40. The maximum atomic E-state index is 13.3. The highest BCUT2D eigenvalue weighted by molar-refractivity contribution is 7.71. The lowest BCUT2D eigenvalue weighted by molar-refractivity contribution is -0.137. The third-order valence-corrected chi connectivity index (χ3v) is 5.73. The summed E-state index contributed by atoms with van der Waals surface area (Å²) in [6.07, 6.45) is -2.80. The Bertz CT molecular complexity index is 1140. The van der Waals surface area contributed by atoms with Crippen LogP contribution in [0.2, 0.25) is 0 Å². The quantitative estimate of drug-likeness (QED) is 0.452. The fourth-order valence-corrected chi connectivity index (χ4v) is 3.96. The Labute approximate surface area is 186 Å². The lowest BCUT2D eigenvalue weighted by Crippen LogP contribution is -2.48. The second kappa shape index (κ2) is 8.87. The number of piperazine rings is 1. The van der Waals surface area contributed by atoms with Gasteiger partial charge in [0, 0.05) is 44.6 Å². The minimum atomic E-state index is -4.35. The molecule has 1 fully saturated rings. The fourth-order valence-electron chi connectivity index (χ4n) is 3.70. The molecular formula is C22H20F4N4OS. The number of H-pyrrole nitrogens is 1. The first-order valence-electron chi connectivity index (χ1n) is 9.96. The number of rotatable bonds is 4. The zero-order valence-corrected chi connectivity index (χ0v) is 17.7. The molecule has 1 amide bonds. The van der Waals surface area contributed by atoms with Gasteiger partial charge in [-0.2, -0.15) is 13.2 Å². The Morgan fingerprint density at radius 3 is 2.19 bits per heavy atom. The number of nitrogens with zero attached hydrogens (tertiary/aromatic N) is 3. The standard InChI is InChI=1S/C22H20F4N4OS/c23-17-5-7-18(8-6-17)30-19(13-27-21(30)32)20(31)29-11-9-28(10-12-29)14-15-1-3-16(4-2-15)22(24,25)26/h1-8,13H,9-12,14H2,(H,27,32). The molecule has 0 aliphatic carbocycles. The molecule has 0 saturated carbocycles. The first-order chi connectivity index (χ1) is 15.2. The molecule has 10 heteroatoms. The molecule has 2 aromatic carbocycles. The van der Waals surface area contributed by atoms with Gasteiger partial charge in [0.1, 0.15) is 11.5 Å². The van der Waals surface area contributed by atoms with Gasteiger partial charge >= 0.3 is 6.18 Å². The first-order valence-corrected chi connectivity index (χ1v) is 10.4. The Morgan fingerprint density at radius 2 is 1.59 bits per heavy atom. The van der Waals surface area contributed by atoms with Crippen molar-refractivity contribution in [2.24, 2.45) is 0 Å². The van der Waals surface area contributed by atoms with Crippen LogP contribution >= 0.6 is 12.2 Å². The summed E-state index contributed by atoms with van der Waals surface area (Å²) in [6.45, 7) is 2.64. The zero-order chi connectivity index (χ0) is 22.9. The molecule has 1 aliphatic rings. The van der Waals surface area contributed by atoms with Gasteiger partial charge in [-0.25, -0.2) is 4.39 Å². The SMILES string of the molecule is O=C(c1c[nH]c(=S)n1-c1ccc(F)cc1)N1CCN(Cc2ccc(C(F)(F)F)cc2)CC1. The van der Waals surface area contributed by atoms with Crippen LogP contribution in [0.15, 0.2) is 54.7 Å². The number of hydrogen-bond acceptors (Lipinski definition) is 3. The Morgan fingerprint density at radius 1 is 0.969 bits per heavy atom. The second-order valence-corrected chi connectivity index (χ2v) is 7.94. The van der Waals surface area contributed by atoms with E-state index in [1.54, 1.807) is 27.8 Å². The summed E-state index contributed by atoms with van der Waals surface area (Å²) in [5, 5.41) is 0. The molecule has 0 radical (unpaired) electrons. The van der Waals surface area contributed by atoms with Crippen molar-refractivity contribution < 1.29 is 22.4 Å². The predicted octanol–water partition coefficient (Wildman–Crippen LogP) is 4.65. The summed E-state index contributed by atoms with van der Waals surface area (Å²) in [5.41, 5.74) is 1.06. The van der Waals surface area contributed by atoms with Gasteiger partial charge in [0.05, 0.1) is 5.56 Å². The molecule has 1 aromatic heterocycles. The van der Waals surface area contributed by atoms with E-state index in [4.69, 9.17) is 12.2 Å². The van der Waals surface area contributed by atoms with E-state index in [2.05, 4.69) is 9.88 Å². The van der Waals surface area contributed by atoms with E-state index in [1.807, 2.05) is 0 Å². The molecule has 0 spiro atoms. The highest BCUT2D eigenvalue weighted by atomic mass is 32.1. The van der Waals surface area contributed by atoms with E-state index in [9.17, 15) is 22.4 Å². The number of alkyl halides is 3. The van der Waals surface area contributed by atoms with Gasteiger partial charge in [-0.15, -0.1) is 0 Å². The van der Waals surface area contributed by atoms with E-state index >= 15 is 0 Å². The summed E-state index contributed by atoms with van der Waals surface area (Å²) in [6, 6.07) is 10.9. The third kappa shape index (κ3) is 4.76. The topological polar surface area (TPSA) is 44.3 Å². The molecule has 4 rings (SSSR count). The highest BCUT2D eigenvalue weighted by Gasteiger charge is 2.30. The van der Waals surface area contributed by atoms with E-state index in [1.165, 1.54) is 24.3 Å². The van der Waals surface area contributed by atoms with E-state index < -0.39 is 11.7 Å². The minimum absolute atomic E-state index is 0.198. The lowest BCUT2D eigenvalue weighted by Gasteiger charge is -2.34. The van der Waals surface area contributed by atoms with Crippen LogP contribution in [-0.4, -0.2) is 51.4 Å². The molecule has 0 unspecified atom stereocenters. The van der Waals surface area contributed by atoms with Gasteiger partial charge in [-0.1, -0.05) is 12.1 Å². The number of carbonyl (C=O) groups excluding carboxylic acids is 1. The van der Waals surface area contributed by atoms with Crippen LogP contribution in [0, 0.1) is 10.6 Å². The largest absolute Gasteiger partial charge is 0.416 e. The van der Waals surface area contributed by atoms with Gasteiger partial charge in [0.25, 0.3) is 5.91 Å². The number of benzene rings is 2. The summed E-state index contributed by atoms with van der Waals surface area (Å²) in [7, 11) is 0. The van der Waals surface area contributed by atoms with Crippen LogP contribution in [-0.2, 0) is 12.7 Å². The maximum Gasteiger partial charge on any atom is 0.416 e. The molecule has 1 aliphatic heterocycles. The average Bonchev–Trinajstić information content (AvgIpc) is 3.15. The van der Waals surface area contributed by atoms with Crippen molar-refractivity contribution in [3.05, 3.63) is 82.1 Å². The van der Waals surface area contributed by atoms with Gasteiger partial charge in [0.2, 0.25) is 0 Å². The molecule has 5 nitrogen and oxygen atoms in total. The first kappa shape index (κ1) is 22.2. The molecule has 32 heavy (non-hydrogen) atoms. The molecular weight excluding hydrogens is 444 g/mol. The average molecular weight is 464 g/mol. The van der Waals surface area contributed by atoms with Gasteiger partial charge in [0.15, 0.2) is 4.77 Å². The molecule has 3 aromatic rings. The van der Waals surface area contributed by atoms with Crippen molar-refractivity contribution in [2.45, 2.75) is 12.7 Å². The van der Waals surface area contributed by atoms with Crippen LogP contribution in [0.3, 0.4) is 0 Å². The van der Waals surface area contributed by atoms with Crippen LogP contribution in [0.4, 0.5) is 17.6 Å². The van der Waals surface area contributed by atoms with Crippen molar-refractivity contribution in [2.75, 3.05) is 26.2 Å². The van der Waals surface area contributed by atoms with E-state index in [0.717, 1.165) is 17.7 Å². The van der Waals surface area contributed by atoms with Gasteiger partial charge in [-0.05, 0) is 54.2 Å². The molecule has 2 heterocycles. The summed E-state index contributed by atoms with van der Waals surface area (Å²) in [5.74, 6) is -0.580. The van der Waals surface area contributed by atoms with Crippen LogP contribution in [0.1, 0.15) is 21.6 Å². The van der Waals surface area contributed by atoms with Crippen LogP contribution < -0.4 is 0 Å². The normalized spacial score (nSPS) is 15.2.